The number of anilines is 1. The molecule has 0 saturated heterocycles. The van der Waals surface area contributed by atoms with E-state index in [1.54, 1.807) is 18.5 Å². The van der Waals surface area contributed by atoms with E-state index in [2.05, 4.69) is 21.5 Å². The normalized spacial score (nSPS) is 9.87. The molecule has 0 radical (unpaired) electrons. The van der Waals surface area contributed by atoms with Crippen molar-refractivity contribution in [1.29, 1.82) is 5.26 Å². The molecule has 4 nitrogen and oxygen atoms in total. The van der Waals surface area contributed by atoms with E-state index in [1.165, 1.54) is 6.08 Å². The Morgan fingerprint density at radius 3 is 3.13 bits per heavy atom. The summed E-state index contributed by atoms with van der Waals surface area (Å²) in [5, 5.41) is 14.4. The maximum Gasteiger partial charge on any atom is 0.115 e. The lowest BCUT2D eigenvalue weighted by Crippen LogP contribution is -2.19. The molecule has 0 atom stereocenters. The van der Waals surface area contributed by atoms with Gasteiger partial charge >= 0.3 is 0 Å². The number of nitrogens with zero attached hydrogens (tertiary/aromatic N) is 2. The highest BCUT2D eigenvalue weighted by molar-refractivity contribution is 5.46. The van der Waals surface area contributed by atoms with E-state index in [9.17, 15) is 0 Å². The molecule has 0 aromatic carbocycles. The average molecular weight is 198 g/mol. The molecule has 0 aliphatic rings. The fourth-order valence-corrected chi connectivity index (χ4v) is 0.934. The van der Waals surface area contributed by atoms with Gasteiger partial charge in [0, 0.05) is 6.20 Å². The zero-order chi connectivity index (χ0) is 10.9. The lowest BCUT2D eigenvalue weighted by Gasteiger charge is -2.09. The van der Waals surface area contributed by atoms with Gasteiger partial charge in [-0.05, 0) is 12.1 Å². The number of terminal acetylenes is 1. The zero-order valence-electron chi connectivity index (χ0n) is 8.07. The molecule has 1 aromatic rings. The summed E-state index contributed by atoms with van der Waals surface area (Å²) >= 11 is 0. The molecule has 1 aromatic heterocycles. The number of rotatable bonds is 4. The molecule has 0 aliphatic heterocycles. The van der Waals surface area contributed by atoms with Gasteiger partial charge in [0.25, 0.3) is 0 Å². The first-order chi connectivity index (χ1) is 7.36. The smallest absolute Gasteiger partial charge is 0.115 e. The minimum Gasteiger partial charge on any atom is -0.360 e. The third kappa shape index (κ3) is 3.84. The van der Waals surface area contributed by atoms with Crippen molar-refractivity contribution >= 4 is 5.69 Å². The van der Waals surface area contributed by atoms with Crippen LogP contribution in [0.15, 0.2) is 36.4 Å². The van der Waals surface area contributed by atoms with Crippen molar-refractivity contribution < 1.29 is 0 Å². The zero-order valence-corrected chi connectivity index (χ0v) is 8.07. The summed E-state index contributed by atoms with van der Waals surface area (Å²) in [4.78, 5) is 3.94. The maximum absolute atomic E-state index is 8.54. The highest BCUT2D eigenvalue weighted by Crippen LogP contribution is 2.05. The second-order valence-corrected chi connectivity index (χ2v) is 2.61. The van der Waals surface area contributed by atoms with Crippen molar-refractivity contribution in [1.82, 2.24) is 10.3 Å². The van der Waals surface area contributed by atoms with Crippen molar-refractivity contribution in [2.45, 2.75) is 0 Å². The van der Waals surface area contributed by atoms with Gasteiger partial charge in [0.2, 0.25) is 0 Å². The highest BCUT2D eigenvalue weighted by Gasteiger charge is 1.95. The molecule has 0 bridgehead atoms. The fraction of sp³-hybridized carbons (Fsp3) is 0.0909. The van der Waals surface area contributed by atoms with E-state index in [-0.39, 0.29) is 0 Å². The lowest BCUT2D eigenvalue weighted by atomic mass is 10.4. The predicted octanol–water partition coefficient (Wildman–Crippen LogP) is 1.08. The molecule has 1 heterocycles. The topological polar surface area (TPSA) is 60.7 Å². The van der Waals surface area contributed by atoms with Crippen LogP contribution in [0, 0.1) is 23.7 Å². The van der Waals surface area contributed by atoms with Gasteiger partial charge in [-0.25, -0.2) is 0 Å². The number of aromatic nitrogens is 1. The first-order valence-corrected chi connectivity index (χ1v) is 4.31. The number of hydrogen-bond donors (Lipinski definition) is 2. The Balaban J connectivity index is 2.65. The Labute approximate surface area is 88.6 Å². The van der Waals surface area contributed by atoms with Crippen molar-refractivity contribution in [3.05, 3.63) is 36.4 Å². The van der Waals surface area contributed by atoms with Crippen molar-refractivity contribution in [2.24, 2.45) is 0 Å². The predicted molar refractivity (Wildman–Crippen MR) is 58.4 cm³/mol. The van der Waals surface area contributed by atoms with Crippen LogP contribution in [0.25, 0.3) is 0 Å². The minimum absolute atomic E-state index is 0.362. The Kier molecular flexibility index (Phi) is 4.29. The van der Waals surface area contributed by atoms with Crippen molar-refractivity contribution in [2.75, 3.05) is 11.9 Å². The van der Waals surface area contributed by atoms with Gasteiger partial charge in [-0.3, -0.25) is 4.98 Å². The van der Waals surface area contributed by atoms with E-state index >= 15 is 0 Å². The summed E-state index contributed by atoms with van der Waals surface area (Å²) in [6.45, 7) is 0.362. The van der Waals surface area contributed by atoms with E-state index in [4.69, 9.17) is 11.7 Å². The highest BCUT2D eigenvalue weighted by atomic mass is 15.1. The Morgan fingerprint density at radius 1 is 1.67 bits per heavy atom. The second-order valence-electron chi connectivity index (χ2n) is 2.61. The van der Waals surface area contributed by atoms with E-state index in [0.29, 0.717) is 12.4 Å². The quantitative estimate of drug-likeness (QED) is 0.561. The van der Waals surface area contributed by atoms with Gasteiger partial charge in [-0.2, -0.15) is 5.26 Å². The largest absolute Gasteiger partial charge is 0.360 e. The molecule has 0 fully saturated rings. The average Bonchev–Trinajstić information content (AvgIpc) is 2.28. The first-order valence-electron chi connectivity index (χ1n) is 4.31. The van der Waals surface area contributed by atoms with E-state index in [0.717, 1.165) is 5.69 Å². The standard InChI is InChI=1S/C11H10N4/c1-2-7-14-11(5-6-12)15-10-4-3-8-13-9-10/h1,3-5,8-9,14-15H,7H2. The summed E-state index contributed by atoms with van der Waals surface area (Å²) in [5.74, 6) is 2.98. The Morgan fingerprint density at radius 2 is 2.53 bits per heavy atom. The summed E-state index contributed by atoms with van der Waals surface area (Å²) in [7, 11) is 0. The third-order valence-electron chi connectivity index (χ3n) is 1.53. The SMILES string of the molecule is C#CCNC(=CC#N)Nc1cccnc1. The van der Waals surface area contributed by atoms with Crippen LogP contribution in [0.5, 0.6) is 0 Å². The fourth-order valence-electron chi connectivity index (χ4n) is 0.934. The monoisotopic (exact) mass is 198 g/mol. The van der Waals surface area contributed by atoms with Crippen molar-refractivity contribution in [3.8, 4) is 18.4 Å². The number of allylic oxidation sites excluding steroid dienone is 1. The molecule has 0 saturated carbocycles. The molecule has 74 valence electrons. The number of nitrogens with one attached hydrogen (secondary N) is 2. The minimum atomic E-state index is 0.362. The Bertz CT molecular complexity index is 408. The van der Waals surface area contributed by atoms with Gasteiger partial charge in [-0.15, -0.1) is 6.42 Å². The summed E-state index contributed by atoms with van der Waals surface area (Å²) < 4.78 is 0. The van der Waals surface area contributed by atoms with Crippen LogP contribution < -0.4 is 10.6 Å². The molecule has 2 N–H and O–H groups in total. The van der Waals surface area contributed by atoms with Crippen LogP contribution in [-0.4, -0.2) is 11.5 Å². The molecular weight excluding hydrogens is 188 g/mol. The molecule has 4 heteroatoms. The van der Waals surface area contributed by atoms with E-state index in [1.807, 2.05) is 12.1 Å². The second kappa shape index (κ2) is 6.06. The summed E-state index contributed by atoms with van der Waals surface area (Å²) in [5.41, 5.74) is 0.795. The molecule has 1 rings (SSSR count). The van der Waals surface area contributed by atoms with Crippen LogP contribution in [0.4, 0.5) is 5.69 Å². The van der Waals surface area contributed by atoms with Crippen LogP contribution in [0.3, 0.4) is 0 Å². The first kappa shape index (κ1) is 10.6. The summed E-state index contributed by atoms with van der Waals surface area (Å²) in [6, 6.07) is 5.56. The maximum atomic E-state index is 8.54. The van der Waals surface area contributed by atoms with Crippen LogP contribution in [-0.2, 0) is 0 Å². The lowest BCUT2D eigenvalue weighted by molar-refractivity contribution is 0.927. The van der Waals surface area contributed by atoms with Gasteiger partial charge in [0.15, 0.2) is 0 Å². The number of pyridine rings is 1. The summed E-state index contributed by atoms with van der Waals surface area (Å²) in [6.07, 6.45) is 9.78. The van der Waals surface area contributed by atoms with Crippen LogP contribution in [0.1, 0.15) is 0 Å². The Hall–Kier alpha value is -2.46. The molecule has 0 amide bonds. The molecule has 15 heavy (non-hydrogen) atoms. The third-order valence-corrected chi connectivity index (χ3v) is 1.53. The van der Waals surface area contributed by atoms with Gasteiger partial charge < -0.3 is 10.6 Å². The van der Waals surface area contributed by atoms with Gasteiger partial charge in [0.1, 0.15) is 5.82 Å². The van der Waals surface area contributed by atoms with Crippen molar-refractivity contribution in [3.63, 3.8) is 0 Å². The van der Waals surface area contributed by atoms with Crippen LogP contribution >= 0.6 is 0 Å². The van der Waals surface area contributed by atoms with Gasteiger partial charge in [0.05, 0.1) is 30.6 Å². The molecule has 0 aliphatic carbocycles. The van der Waals surface area contributed by atoms with Gasteiger partial charge in [-0.1, -0.05) is 5.92 Å². The molecule has 0 unspecified atom stereocenters. The van der Waals surface area contributed by atoms with E-state index < -0.39 is 0 Å². The van der Waals surface area contributed by atoms with Crippen LogP contribution in [0.2, 0.25) is 0 Å². The number of hydrogen-bond acceptors (Lipinski definition) is 4. The number of nitriles is 1. The molecule has 0 spiro atoms. The molecular formula is C11H10N4.